The molecule has 0 saturated carbocycles. The van der Waals surface area contributed by atoms with E-state index in [1.165, 1.54) is 16.9 Å². The van der Waals surface area contributed by atoms with E-state index in [9.17, 15) is 4.79 Å². The maximum absolute atomic E-state index is 12.8. The standard InChI is InChI=1S/C23H27N3OS/c1-4-26(5-2)16-19-13-11-18(12-14-19)15-24-23(27)22-21(25-17(3)28-22)20-9-7-6-8-10-20/h6-14H,4-5,15-16H2,1-3H3,(H,24,27)/p+1. The van der Waals surface area contributed by atoms with Gasteiger partial charge in [-0.2, -0.15) is 0 Å². The number of carbonyl (C=O) groups is 1. The summed E-state index contributed by atoms with van der Waals surface area (Å²) in [4.78, 5) is 19.6. The fourth-order valence-electron chi connectivity index (χ4n) is 3.20. The topological polar surface area (TPSA) is 46.4 Å². The predicted octanol–water partition coefficient (Wildman–Crippen LogP) is 3.47. The first kappa shape index (κ1) is 20.2. The number of hydrogen-bond donors (Lipinski definition) is 2. The maximum atomic E-state index is 12.8. The van der Waals surface area contributed by atoms with Gasteiger partial charge in [-0.1, -0.05) is 54.6 Å². The third kappa shape index (κ3) is 5.06. The SMILES string of the molecule is CC[NH+](CC)Cc1ccc(CNC(=O)c2sc(C)nc2-c2ccccc2)cc1. The van der Waals surface area contributed by atoms with E-state index in [4.69, 9.17) is 0 Å². The van der Waals surface area contributed by atoms with Gasteiger partial charge >= 0.3 is 0 Å². The van der Waals surface area contributed by atoms with Gasteiger partial charge in [0.2, 0.25) is 0 Å². The molecule has 2 aromatic carbocycles. The van der Waals surface area contributed by atoms with Crippen LogP contribution in [0, 0.1) is 6.92 Å². The van der Waals surface area contributed by atoms with Crippen LogP contribution in [0.3, 0.4) is 0 Å². The van der Waals surface area contributed by atoms with Gasteiger partial charge in [0.05, 0.1) is 23.8 Å². The average Bonchev–Trinajstić information content (AvgIpc) is 3.13. The zero-order chi connectivity index (χ0) is 19.9. The molecule has 2 N–H and O–H groups in total. The number of amides is 1. The molecule has 5 heteroatoms. The Balaban J connectivity index is 1.65. The lowest BCUT2D eigenvalue weighted by molar-refractivity contribution is -0.910. The summed E-state index contributed by atoms with van der Waals surface area (Å²) in [7, 11) is 0. The Bertz CT molecular complexity index is 899. The van der Waals surface area contributed by atoms with E-state index in [2.05, 4.69) is 48.4 Å². The van der Waals surface area contributed by atoms with E-state index >= 15 is 0 Å². The van der Waals surface area contributed by atoms with Crippen LogP contribution in [0.15, 0.2) is 54.6 Å². The van der Waals surface area contributed by atoms with Crippen LogP contribution >= 0.6 is 11.3 Å². The molecule has 1 heterocycles. The average molecular weight is 395 g/mol. The Kier molecular flexibility index (Phi) is 6.95. The summed E-state index contributed by atoms with van der Waals surface area (Å²) in [5, 5.41) is 3.94. The van der Waals surface area contributed by atoms with Crippen LogP contribution in [0.4, 0.5) is 0 Å². The largest absolute Gasteiger partial charge is 0.347 e. The number of aromatic nitrogens is 1. The quantitative estimate of drug-likeness (QED) is 0.615. The van der Waals surface area contributed by atoms with E-state index in [-0.39, 0.29) is 5.91 Å². The van der Waals surface area contributed by atoms with Gasteiger partial charge in [0.1, 0.15) is 11.4 Å². The van der Waals surface area contributed by atoms with Gasteiger partial charge in [0, 0.05) is 17.7 Å². The zero-order valence-electron chi connectivity index (χ0n) is 16.8. The van der Waals surface area contributed by atoms with E-state index < -0.39 is 0 Å². The highest BCUT2D eigenvalue weighted by molar-refractivity contribution is 7.14. The highest BCUT2D eigenvalue weighted by Gasteiger charge is 2.18. The first-order valence-corrected chi connectivity index (χ1v) is 10.6. The Morgan fingerprint density at radius 1 is 1.00 bits per heavy atom. The molecule has 0 fully saturated rings. The summed E-state index contributed by atoms with van der Waals surface area (Å²) in [5.41, 5.74) is 4.17. The van der Waals surface area contributed by atoms with Gasteiger partial charge in [-0.05, 0) is 26.3 Å². The number of carbonyl (C=O) groups excluding carboxylic acids is 1. The van der Waals surface area contributed by atoms with Crippen LogP contribution in [0.1, 0.15) is 39.7 Å². The summed E-state index contributed by atoms with van der Waals surface area (Å²) in [6, 6.07) is 18.4. The molecular weight excluding hydrogens is 366 g/mol. The smallest absolute Gasteiger partial charge is 0.263 e. The predicted molar refractivity (Wildman–Crippen MR) is 116 cm³/mol. The number of nitrogens with one attached hydrogen (secondary N) is 2. The molecule has 0 unspecified atom stereocenters. The highest BCUT2D eigenvalue weighted by Crippen LogP contribution is 2.27. The maximum Gasteiger partial charge on any atom is 0.263 e. The molecule has 0 aliphatic heterocycles. The molecule has 3 aromatic rings. The van der Waals surface area contributed by atoms with E-state index in [0.29, 0.717) is 11.4 Å². The third-order valence-electron chi connectivity index (χ3n) is 4.92. The van der Waals surface area contributed by atoms with Gasteiger partial charge in [-0.25, -0.2) is 4.98 Å². The monoisotopic (exact) mass is 394 g/mol. The molecule has 28 heavy (non-hydrogen) atoms. The molecule has 3 rings (SSSR count). The molecule has 1 aromatic heterocycles. The van der Waals surface area contributed by atoms with Crippen molar-refractivity contribution in [3.8, 4) is 11.3 Å². The Labute approximate surface area is 171 Å². The number of benzene rings is 2. The molecule has 146 valence electrons. The second-order valence-corrected chi connectivity index (χ2v) is 8.11. The number of hydrogen-bond acceptors (Lipinski definition) is 3. The minimum Gasteiger partial charge on any atom is -0.347 e. The Morgan fingerprint density at radius 3 is 2.29 bits per heavy atom. The normalized spacial score (nSPS) is 11.0. The molecule has 0 bridgehead atoms. The molecule has 0 spiro atoms. The van der Waals surface area contributed by atoms with Crippen LogP contribution in [-0.4, -0.2) is 24.0 Å². The molecule has 1 amide bonds. The number of rotatable bonds is 8. The lowest BCUT2D eigenvalue weighted by atomic mass is 10.1. The van der Waals surface area contributed by atoms with E-state index in [1.807, 2.05) is 37.3 Å². The molecular formula is C23H28N3OS+. The Hall–Kier alpha value is -2.50. The molecule has 0 aliphatic rings. The van der Waals surface area contributed by atoms with Crippen molar-refractivity contribution >= 4 is 17.2 Å². The molecule has 0 atom stereocenters. The summed E-state index contributed by atoms with van der Waals surface area (Å²) < 4.78 is 0. The minimum atomic E-state index is -0.0684. The first-order chi connectivity index (χ1) is 13.6. The summed E-state index contributed by atoms with van der Waals surface area (Å²) >= 11 is 1.44. The fourth-order valence-corrected chi connectivity index (χ4v) is 4.06. The highest BCUT2D eigenvalue weighted by atomic mass is 32.1. The van der Waals surface area contributed by atoms with Gasteiger partial charge in [0.15, 0.2) is 0 Å². The van der Waals surface area contributed by atoms with Gasteiger partial charge in [0.25, 0.3) is 5.91 Å². The summed E-state index contributed by atoms with van der Waals surface area (Å²) in [6.07, 6.45) is 0. The number of aryl methyl sites for hydroxylation is 1. The van der Waals surface area contributed by atoms with Crippen molar-refractivity contribution in [1.29, 1.82) is 0 Å². The molecule has 0 aliphatic carbocycles. The van der Waals surface area contributed by atoms with Crippen LogP contribution in [0.5, 0.6) is 0 Å². The van der Waals surface area contributed by atoms with Crippen molar-refractivity contribution in [2.75, 3.05) is 13.1 Å². The number of nitrogens with zero attached hydrogens (tertiary/aromatic N) is 1. The van der Waals surface area contributed by atoms with E-state index in [1.54, 1.807) is 4.90 Å². The second-order valence-electron chi connectivity index (χ2n) is 6.91. The fraction of sp³-hybridized carbons (Fsp3) is 0.304. The van der Waals surface area contributed by atoms with Crippen molar-refractivity contribution < 1.29 is 9.69 Å². The van der Waals surface area contributed by atoms with Gasteiger partial charge < -0.3 is 10.2 Å². The van der Waals surface area contributed by atoms with Crippen LogP contribution in [0.25, 0.3) is 11.3 Å². The van der Waals surface area contributed by atoms with Crippen LogP contribution in [0.2, 0.25) is 0 Å². The van der Waals surface area contributed by atoms with Crippen molar-refractivity contribution in [2.45, 2.75) is 33.9 Å². The Morgan fingerprint density at radius 2 is 1.64 bits per heavy atom. The van der Waals surface area contributed by atoms with Crippen molar-refractivity contribution in [3.05, 3.63) is 75.6 Å². The van der Waals surface area contributed by atoms with E-state index in [0.717, 1.165) is 41.5 Å². The van der Waals surface area contributed by atoms with Crippen LogP contribution < -0.4 is 10.2 Å². The second kappa shape index (κ2) is 9.62. The van der Waals surface area contributed by atoms with Crippen molar-refractivity contribution in [1.82, 2.24) is 10.3 Å². The molecule has 0 saturated heterocycles. The van der Waals surface area contributed by atoms with Crippen LogP contribution in [-0.2, 0) is 13.1 Å². The molecule has 4 nitrogen and oxygen atoms in total. The zero-order valence-corrected chi connectivity index (χ0v) is 17.6. The van der Waals surface area contributed by atoms with Crippen molar-refractivity contribution in [3.63, 3.8) is 0 Å². The number of thiazole rings is 1. The van der Waals surface area contributed by atoms with Gasteiger partial charge in [-0.15, -0.1) is 11.3 Å². The summed E-state index contributed by atoms with van der Waals surface area (Å²) in [6.45, 7) is 10.2. The number of quaternary nitrogens is 1. The van der Waals surface area contributed by atoms with Crippen molar-refractivity contribution in [2.24, 2.45) is 0 Å². The minimum absolute atomic E-state index is 0.0684. The third-order valence-corrected chi connectivity index (χ3v) is 5.89. The lowest BCUT2D eigenvalue weighted by Crippen LogP contribution is -3.10. The summed E-state index contributed by atoms with van der Waals surface area (Å²) in [5.74, 6) is -0.0684. The van der Waals surface area contributed by atoms with Gasteiger partial charge in [-0.3, -0.25) is 4.79 Å². The molecule has 0 radical (unpaired) electrons. The first-order valence-electron chi connectivity index (χ1n) is 9.83. The lowest BCUT2D eigenvalue weighted by Gasteiger charge is -2.15.